The van der Waals surface area contributed by atoms with Crippen LogP contribution in [-0.2, 0) is 4.79 Å². The second-order valence-electron chi connectivity index (χ2n) is 2.23. The zero-order valence-electron chi connectivity index (χ0n) is 6.25. The summed E-state index contributed by atoms with van der Waals surface area (Å²) in [6, 6.07) is -0.977. The van der Waals surface area contributed by atoms with E-state index < -0.39 is 12.1 Å². The van der Waals surface area contributed by atoms with E-state index in [0.717, 1.165) is 0 Å². The maximum absolute atomic E-state index is 10.1. The highest BCUT2D eigenvalue weighted by atomic mass is 16.2. The first kappa shape index (κ1) is 9.90. The molecule has 0 fully saturated rings. The zero-order chi connectivity index (χ0) is 8.69. The van der Waals surface area contributed by atoms with E-state index in [1.165, 1.54) is 0 Å². The summed E-state index contributed by atoms with van der Waals surface area (Å²) in [5.74, 6) is 0. The number of nitrogens with two attached hydrogens (primary N) is 2. The molecule has 0 heterocycles. The summed E-state index contributed by atoms with van der Waals surface area (Å²) in [6.45, 7) is 0.469. The van der Waals surface area contributed by atoms with Crippen LogP contribution in [0.5, 0.6) is 0 Å². The Morgan fingerprint density at radius 1 is 1.64 bits per heavy atom. The van der Waals surface area contributed by atoms with Crippen molar-refractivity contribution >= 4 is 12.3 Å². The third-order valence-electron chi connectivity index (χ3n) is 1.19. The normalized spacial score (nSPS) is 12.1. The van der Waals surface area contributed by atoms with Gasteiger partial charge in [0.25, 0.3) is 0 Å². The third kappa shape index (κ3) is 6.79. The Bertz CT molecular complexity index is 138. The summed E-state index contributed by atoms with van der Waals surface area (Å²) < 4.78 is 0. The van der Waals surface area contributed by atoms with Crippen LogP contribution in [0.25, 0.3) is 0 Å². The van der Waals surface area contributed by atoms with Gasteiger partial charge in [0.15, 0.2) is 0 Å². The Balaban J connectivity index is 3.14. The molecule has 0 saturated heterocycles. The fourth-order valence-electron chi connectivity index (χ4n) is 0.617. The van der Waals surface area contributed by atoms with Crippen molar-refractivity contribution in [2.24, 2.45) is 11.5 Å². The van der Waals surface area contributed by atoms with Gasteiger partial charge in [-0.15, -0.1) is 0 Å². The van der Waals surface area contributed by atoms with Crippen molar-refractivity contribution in [2.75, 3.05) is 6.54 Å². The van der Waals surface area contributed by atoms with E-state index in [1.54, 1.807) is 0 Å². The van der Waals surface area contributed by atoms with E-state index in [9.17, 15) is 9.59 Å². The first-order valence-electron chi connectivity index (χ1n) is 3.41. The van der Waals surface area contributed by atoms with Gasteiger partial charge >= 0.3 is 6.03 Å². The maximum atomic E-state index is 10.1. The van der Waals surface area contributed by atoms with Gasteiger partial charge < -0.3 is 21.6 Å². The van der Waals surface area contributed by atoms with Crippen molar-refractivity contribution in [3.8, 4) is 0 Å². The van der Waals surface area contributed by atoms with Crippen LogP contribution in [0.3, 0.4) is 0 Å². The minimum Gasteiger partial charge on any atom is -0.352 e. The van der Waals surface area contributed by atoms with Crippen molar-refractivity contribution in [3.05, 3.63) is 0 Å². The highest BCUT2D eigenvalue weighted by Gasteiger charge is 1.98. The molecule has 2 amide bonds. The lowest BCUT2D eigenvalue weighted by Crippen LogP contribution is -2.31. The quantitative estimate of drug-likeness (QED) is 0.353. The van der Waals surface area contributed by atoms with E-state index >= 15 is 0 Å². The van der Waals surface area contributed by atoms with E-state index in [-0.39, 0.29) is 0 Å². The molecule has 0 unspecified atom stereocenters. The van der Waals surface area contributed by atoms with Gasteiger partial charge in [-0.2, -0.15) is 0 Å². The number of rotatable bonds is 5. The standard InChI is InChI=1S/C6H13N3O2/c7-5(4-10)2-1-3-9-6(8)11/h4-5H,1-3,7H2,(H3,8,9,11)/t5-/m1/s1. The van der Waals surface area contributed by atoms with E-state index in [0.29, 0.717) is 25.7 Å². The Hall–Kier alpha value is -1.10. The first-order valence-corrected chi connectivity index (χ1v) is 3.41. The van der Waals surface area contributed by atoms with Gasteiger partial charge in [0, 0.05) is 6.54 Å². The highest BCUT2D eigenvalue weighted by molar-refractivity contribution is 5.71. The molecule has 1 atom stereocenters. The fraction of sp³-hybridized carbons (Fsp3) is 0.667. The van der Waals surface area contributed by atoms with Crippen molar-refractivity contribution in [2.45, 2.75) is 18.9 Å². The number of hydrogen-bond donors (Lipinski definition) is 3. The van der Waals surface area contributed by atoms with E-state index in [1.807, 2.05) is 0 Å². The first-order chi connectivity index (χ1) is 5.16. The molecule has 0 bridgehead atoms. The van der Waals surface area contributed by atoms with Crippen molar-refractivity contribution in [1.82, 2.24) is 5.32 Å². The number of hydrogen-bond acceptors (Lipinski definition) is 3. The number of aldehydes is 1. The summed E-state index contributed by atoms with van der Waals surface area (Å²) in [6.07, 6.45) is 1.93. The largest absolute Gasteiger partial charge is 0.352 e. The van der Waals surface area contributed by atoms with Crippen molar-refractivity contribution < 1.29 is 9.59 Å². The number of carbonyl (C=O) groups excluding carboxylic acids is 2. The van der Waals surface area contributed by atoms with Gasteiger partial charge in [-0.05, 0) is 12.8 Å². The monoisotopic (exact) mass is 159 g/mol. The number of primary amides is 1. The van der Waals surface area contributed by atoms with Gasteiger partial charge in [-0.25, -0.2) is 4.79 Å². The van der Waals surface area contributed by atoms with Gasteiger partial charge in [0.2, 0.25) is 0 Å². The van der Waals surface area contributed by atoms with Gasteiger partial charge in [0.05, 0.1) is 6.04 Å². The third-order valence-corrected chi connectivity index (χ3v) is 1.19. The highest BCUT2D eigenvalue weighted by Crippen LogP contribution is 1.88. The Kier molecular flexibility index (Phi) is 5.10. The molecule has 0 saturated carbocycles. The van der Waals surface area contributed by atoms with Crippen LogP contribution in [0.1, 0.15) is 12.8 Å². The zero-order valence-corrected chi connectivity index (χ0v) is 6.25. The summed E-state index contributed by atoms with van der Waals surface area (Å²) in [5, 5.41) is 2.39. The topological polar surface area (TPSA) is 98.2 Å². The van der Waals surface area contributed by atoms with Gasteiger partial charge in [-0.3, -0.25) is 0 Å². The molecule has 5 nitrogen and oxygen atoms in total. The molecule has 0 aliphatic carbocycles. The van der Waals surface area contributed by atoms with E-state index in [4.69, 9.17) is 11.5 Å². The summed E-state index contributed by atoms with van der Waals surface area (Å²) in [4.78, 5) is 20.1. The molecule has 0 rings (SSSR count). The second kappa shape index (κ2) is 5.67. The van der Waals surface area contributed by atoms with Crippen LogP contribution in [0.15, 0.2) is 0 Å². The number of carbonyl (C=O) groups is 2. The molecule has 5 heteroatoms. The molecule has 0 aromatic rings. The molecule has 0 spiro atoms. The molecule has 64 valence electrons. The summed E-state index contributed by atoms with van der Waals surface area (Å²) in [5.41, 5.74) is 10.1. The lowest BCUT2D eigenvalue weighted by atomic mass is 10.2. The number of urea groups is 1. The van der Waals surface area contributed by atoms with Crippen LogP contribution in [0, 0.1) is 0 Å². The molecular formula is C6H13N3O2. The van der Waals surface area contributed by atoms with Crippen LogP contribution in [0.2, 0.25) is 0 Å². The van der Waals surface area contributed by atoms with Gasteiger partial charge in [0.1, 0.15) is 6.29 Å². The average molecular weight is 159 g/mol. The SMILES string of the molecule is NC(=O)NCCC[C@@H](N)C=O. The van der Waals surface area contributed by atoms with E-state index in [2.05, 4.69) is 5.32 Å². The average Bonchev–Trinajstić information content (AvgIpc) is 1.97. The molecule has 11 heavy (non-hydrogen) atoms. The fourth-order valence-corrected chi connectivity index (χ4v) is 0.617. The lowest BCUT2D eigenvalue weighted by Gasteiger charge is -2.03. The van der Waals surface area contributed by atoms with Crippen LogP contribution >= 0.6 is 0 Å². The molecule has 0 aliphatic rings. The van der Waals surface area contributed by atoms with Crippen molar-refractivity contribution in [1.29, 1.82) is 0 Å². The molecule has 0 aliphatic heterocycles. The summed E-state index contributed by atoms with van der Waals surface area (Å²) >= 11 is 0. The molecule has 0 aromatic heterocycles. The minimum absolute atomic E-state index is 0.426. The number of nitrogens with one attached hydrogen (secondary N) is 1. The maximum Gasteiger partial charge on any atom is 0.312 e. The molecule has 0 radical (unpaired) electrons. The Morgan fingerprint density at radius 2 is 2.27 bits per heavy atom. The van der Waals surface area contributed by atoms with Crippen LogP contribution < -0.4 is 16.8 Å². The lowest BCUT2D eigenvalue weighted by molar-refractivity contribution is -0.109. The van der Waals surface area contributed by atoms with Crippen molar-refractivity contribution in [3.63, 3.8) is 0 Å². The molecule has 0 aromatic carbocycles. The smallest absolute Gasteiger partial charge is 0.312 e. The Labute approximate surface area is 65.1 Å². The predicted octanol–water partition coefficient (Wildman–Crippen LogP) is -1.04. The van der Waals surface area contributed by atoms with Gasteiger partial charge in [-0.1, -0.05) is 0 Å². The molecular weight excluding hydrogens is 146 g/mol. The Morgan fingerprint density at radius 3 is 2.73 bits per heavy atom. The predicted molar refractivity (Wildman–Crippen MR) is 40.9 cm³/mol. The van der Waals surface area contributed by atoms with Crippen LogP contribution in [0.4, 0.5) is 4.79 Å². The minimum atomic E-state index is -0.551. The second-order valence-corrected chi connectivity index (χ2v) is 2.23. The van der Waals surface area contributed by atoms with Crippen LogP contribution in [-0.4, -0.2) is 24.9 Å². The summed E-state index contributed by atoms with van der Waals surface area (Å²) in [7, 11) is 0. The molecule has 5 N–H and O–H groups in total. The number of amides is 2.